The maximum atomic E-state index is 4.99. The summed E-state index contributed by atoms with van der Waals surface area (Å²) in [6.07, 6.45) is 14.9. The third kappa shape index (κ3) is 4.40. The summed E-state index contributed by atoms with van der Waals surface area (Å²) in [6, 6.07) is 51.6. The van der Waals surface area contributed by atoms with Crippen LogP contribution in [0.25, 0.3) is 16.8 Å². The number of allylic oxidation sites excluding steroid dienone is 4. The lowest BCUT2D eigenvalue weighted by Gasteiger charge is -2.52. The van der Waals surface area contributed by atoms with Crippen molar-refractivity contribution < 1.29 is 0 Å². The van der Waals surface area contributed by atoms with Gasteiger partial charge in [-0.3, -0.25) is 4.98 Å². The van der Waals surface area contributed by atoms with Gasteiger partial charge in [0.15, 0.2) is 0 Å². The molecule has 0 spiro atoms. The van der Waals surface area contributed by atoms with Gasteiger partial charge in [-0.2, -0.15) is 0 Å². The maximum Gasteiger partial charge on any atom is 0.251 e. The lowest BCUT2D eigenvalue weighted by molar-refractivity contribution is 0.195. The molecule has 3 atom stereocenters. The second-order valence-corrected chi connectivity index (χ2v) is 24.4. The number of anilines is 8. The van der Waals surface area contributed by atoms with Gasteiger partial charge in [-0.05, 0) is 108 Å². The van der Waals surface area contributed by atoms with Crippen molar-refractivity contribution in [1.82, 2.24) is 4.98 Å². The minimum Gasteiger partial charge on any atom is -0.334 e. The minimum absolute atomic E-state index is 0.0281. The number of pyridine rings is 1. The fourth-order valence-corrected chi connectivity index (χ4v) is 17.1. The summed E-state index contributed by atoms with van der Waals surface area (Å²) in [4.78, 5) is 13.2. The highest BCUT2D eigenvalue weighted by Crippen LogP contribution is 2.62. The Kier molecular flexibility index (Phi) is 7.13. The Morgan fingerprint density at radius 2 is 1.33 bits per heavy atom. The molecule has 7 aliphatic rings. The molecule has 0 radical (unpaired) electrons. The van der Waals surface area contributed by atoms with Gasteiger partial charge in [0, 0.05) is 62.8 Å². The van der Waals surface area contributed by atoms with Crippen LogP contribution in [-0.2, 0) is 5.41 Å². The molecule has 304 valence electrons. The summed E-state index contributed by atoms with van der Waals surface area (Å²) < 4.78 is 0. The average Bonchev–Trinajstić information content (AvgIpc) is 3.44. The van der Waals surface area contributed by atoms with E-state index >= 15 is 0 Å². The normalized spacial score (nSPS) is 23.2. The predicted octanol–water partition coefficient (Wildman–Crippen LogP) is 11.1. The topological polar surface area (TPSA) is 22.6 Å². The molecule has 7 aromatic rings. The molecule has 6 heteroatoms. The number of aromatic nitrogens is 1. The molecule has 0 N–H and O–H groups in total. The van der Waals surface area contributed by atoms with Crippen molar-refractivity contribution in [3.8, 4) is 11.3 Å². The van der Waals surface area contributed by atoms with E-state index in [1.54, 1.807) is 15.8 Å². The lowest BCUT2D eigenvalue weighted by atomic mass is 9.33. The monoisotopic (exact) mass is 828 g/mol. The third-order valence-electron chi connectivity index (χ3n) is 17.0. The fraction of sp³-hybridized carbons (Fsp3) is 0.211. The van der Waals surface area contributed by atoms with Crippen LogP contribution in [-0.4, -0.2) is 25.3 Å². The molecule has 3 unspecified atom stereocenters. The highest BCUT2D eigenvalue weighted by Gasteiger charge is 2.59. The first-order valence-electron chi connectivity index (χ1n) is 23.2. The zero-order chi connectivity index (χ0) is 42.0. The molecule has 5 aliphatic heterocycles. The molecule has 4 nitrogen and oxygen atoms in total. The Morgan fingerprint density at radius 1 is 0.635 bits per heavy atom. The first-order chi connectivity index (χ1) is 30.8. The summed E-state index contributed by atoms with van der Waals surface area (Å²) >= 11 is 0. The number of hydrogen-bond donors (Lipinski definition) is 0. The quantitative estimate of drug-likeness (QED) is 0.166. The van der Waals surface area contributed by atoms with E-state index in [9.17, 15) is 0 Å². The Bertz CT molecular complexity index is 3220. The van der Waals surface area contributed by atoms with Crippen LogP contribution in [0, 0.1) is 0 Å². The Labute approximate surface area is 372 Å². The number of rotatable bonds is 3. The van der Waals surface area contributed by atoms with Crippen LogP contribution in [0.3, 0.4) is 0 Å². The molecule has 1 fully saturated rings. The van der Waals surface area contributed by atoms with Gasteiger partial charge in [-0.25, -0.2) is 0 Å². The minimum atomic E-state index is -2.22. The van der Waals surface area contributed by atoms with Gasteiger partial charge >= 0.3 is 0 Å². The third-order valence-corrected chi connectivity index (χ3v) is 20.5. The fourth-order valence-electron chi connectivity index (χ4n) is 14.0. The molecule has 0 bridgehead atoms. The lowest BCUT2D eigenvalue weighted by Crippen LogP contribution is -2.79. The van der Waals surface area contributed by atoms with Gasteiger partial charge in [-0.15, -0.1) is 0 Å². The van der Waals surface area contributed by atoms with E-state index in [0.717, 1.165) is 24.1 Å². The number of benzene rings is 6. The summed E-state index contributed by atoms with van der Waals surface area (Å²) in [5, 5.41) is 3.14. The second-order valence-electron chi connectivity index (χ2n) is 20.1. The van der Waals surface area contributed by atoms with Gasteiger partial charge in [0.1, 0.15) is 8.07 Å². The van der Waals surface area contributed by atoms with Crippen LogP contribution >= 0.6 is 0 Å². The molecule has 63 heavy (non-hydrogen) atoms. The van der Waals surface area contributed by atoms with E-state index in [1.165, 1.54) is 98.0 Å². The number of fused-ring (bicyclic) bond motifs is 9. The molecule has 1 aromatic heterocycles. The highest BCUT2D eigenvalue weighted by atomic mass is 28.3. The van der Waals surface area contributed by atoms with Crippen molar-refractivity contribution in [3.63, 3.8) is 0 Å². The van der Waals surface area contributed by atoms with E-state index < -0.39 is 8.07 Å². The number of para-hydroxylation sites is 3. The maximum absolute atomic E-state index is 4.99. The first kappa shape index (κ1) is 36.1. The van der Waals surface area contributed by atoms with E-state index in [-0.39, 0.29) is 23.6 Å². The van der Waals surface area contributed by atoms with Crippen LogP contribution in [0.2, 0.25) is 13.1 Å². The van der Waals surface area contributed by atoms with E-state index in [1.807, 2.05) is 12.3 Å². The Balaban J connectivity index is 1.16. The van der Waals surface area contributed by atoms with Crippen LogP contribution in [0.4, 0.5) is 45.5 Å². The molecule has 0 amide bonds. The van der Waals surface area contributed by atoms with Crippen molar-refractivity contribution in [2.24, 2.45) is 0 Å². The van der Waals surface area contributed by atoms with Crippen LogP contribution in [0.15, 0.2) is 158 Å². The van der Waals surface area contributed by atoms with E-state index in [0.29, 0.717) is 0 Å². The number of hydrogen-bond acceptors (Lipinski definition) is 4. The van der Waals surface area contributed by atoms with Gasteiger partial charge in [0.2, 0.25) is 0 Å². The van der Waals surface area contributed by atoms with Crippen LogP contribution in [0.5, 0.6) is 0 Å². The molecule has 6 heterocycles. The molecule has 14 rings (SSSR count). The smallest absolute Gasteiger partial charge is 0.251 e. The molecular formula is C57H49BN4Si. The van der Waals surface area contributed by atoms with Crippen molar-refractivity contribution in [2.75, 3.05) is 14.7 Å². The van der Waals surface area contributed by atoms with Crippen molar-refractivity contribution >= 4 is 92.6 Å². The second kappa shape index (κ2) is 12.4. The van der Waals surface area contributed by atoms with Crippen LogP contribution in [0.1, 0.15) is 68.6 Å². The Hall–Kier alpha value is -6.37. The summed E-state index contributed by atoms with van der Waals surface area (Å²) in [7, 11) is -2.22. The van der Waals surface area contributed by atoms with E-state index in [4.69, 9.17) is 4.98 Å². The predicted molar refractivity (Wildman–Crippen MR) is 268 cm³/mol. The van der Waals surface area contributed by atoms with Gasteiger partial charge in [0.25, 0.3) is 6.71 Å². The molecule has 6 aromatic carbocycles. The van der Waals surface area contributed by atoms with Crippen LogP contribution < -0.4 is 41.5 Å². The number of nitrogens with zero attached hydrogens (tertiary/aromatic N) is 4. The zero-order valence-electron chi connectivity index (χ0n) is 36.5. The standard InChI is InChI=1S/C57H49BN4Si/c1-56-31-14-15-32-57(56,2)62(46-26-12-9-22-42(46)56)36-34-48-52-49(35-36)61-44-24-10-7-20-39(44)37-18-5-6-19-38(37)40-29-30-51-54(55(40)61)58(52)53-47(27-17-28-50(53)63(51,3)4)60(48)45-25-11-8-21-41(45)43-23-13-16-33-59-43/h5-13,16-18,20-30,33-35,38H,14-15,19,31-32H2,1-4H3. The summed E-state index contributed by atoms with van der Waals surface area (Å²) in [5.41, 5.74) is 22.7. The SMILES string of the molecule is CC12CCCCC1(C)N(c1cc3c4c(c1)N1c5ccccc5C5=CC=CCC5c5ccc6c(c51)B4c1c(cccc1[Si]6(C)C)N3c1ccccc1-c1ccccn1)c1ccccc12. The molecule has 2 aliphatic carbocycles. The largest absolute Gasteiger partial charge is 0.334 e. The summed E-state index contributed by atoms with van der Waals surface area (Å²) in [5.74, 6) is 0.282. The van der Waals surface area contributed by atoms with Gasteiger partial charge in [-0.1, -0.05) is 146 Å². The average molecular weight is 829 g/mol. The van der Waals surface area contributed by atoms with Crippen molar-refractivity contribution in [2.45, 2.75) is 75.9 Å². The molecule has 1 saturated carbocycles. The molecular weight excluding hydrogens is 780 g/mol. The molecule has 0 saturated heterocycles. The van der Waals surface area contributed by atoms with Gasteiger partial charge < -0.3 is 14.7 Å². The summed E-state index contributed by atoms with van der Waals surface area (Å²) in [6.45, 7) is 10.5. The van der Waals surface area contributed by atoms with Crippen molar-refractivity contribution in [3.05, 3.63) is 175 Å². The zero-order valence-corrected chi connectivity index (χ0v) is 37.5. The highest BCUT2D eigenvalue weighted by molar-refractivity contribution is 7.16. The van der Waals surface area contributed by atoms with Crippen molar-refractivity contribution in [1.29, 1.82) is 0 Å². The first-order valence-corrected chi connectivity index (χ1v) is 26.2. The van der Waals surface area contributed by atoms with Gasteiger partial charge in [0.05, 0.1) is 22.6 Å². The Morgan fingerprint density at radius 3 is 2.16 bits per heavy atom. The van der Waals surface area contributed by atoms with E-state index in [2.05, 4.69) is 187 Å².